The maximum atomic E-state index is 13.7. The van der Waals surface area contributed by atoms with Gasteiger partial charge in [-0.2, -0.15) is 0 Å². The van der Waals surface area contributed by atoms with Gasteiger partial charge in [0.1, 0.15) is 5.82 Å². The third-order valence-corrected chi connectivity index (χ3v) is 4.32. The zero-order chi connectivity index (χ0) is 13.8. The SMILES string of the molecule is CCCC1CCC(c2ccc(B(O)O)c(F)c2)CC1. The van der Waals surface area contributed by atoms with Crippen LogP contribution in [0.15, 0.2) is 18.2 Å². The molecule has 0 spiro atoms. The van der Waals surface area contributed by atoms with Crippen LogP contribution < -0.4 is 5.46 Å². The number of benzene rings is 1. The van der Waals surface area contributed by atoms with E-state index < -0.39 is 12.9 Å². The van der Waals surface area contributed by atoms with Gasteiger partial charge in [0.15, 0.2) is 0 Å². The molecule has 1 aliphatic carbocycles. The molecule has 1 saturated carbocycles. The predicted octanol–water partition coefficient (Wildman–Crippen LogP) is 2.58. The van der Waals surface area contributed by atoms with Gasteiger partial charge in [0.25, 0.3) is 0 Å². The Bertz CT molecular complexity index is 415. The molecule has 0 unspecified atom stereocenters. The first-order valence-electron chi connectivity index (χ1n) is 7.27. The molecule has 104 valence electrons. The molecule has 0 aromatic heterocycles. The smallest absolute Gasteiger partial charge is 0.423 e. The van der Waals surface area contributed by atoms with E-state index in [2.05, 4.69) is 6.92 Å². The number of rotatable bonds is 4. The molecule has 19 heavy (non-hydrogen) atoms. The Hall–Kier alpha value is -0.865. The molecule has 0 atom stereocenters. The highest BCUT2D eigenvalue weighted by Crippen LogP contribution is 2.37. The number of hydrogen-bond acceptors (Lipinski definition) is 2. The summed E-state index contributed by atoms with van der Waals surface area (Å²) in [5.74, 6) is 0.750. The van der Waals surface area contributed by atoms with Crippen molar-refractivity contribution >= 4 is 12.6 Å². The van der Waals surface area contributed by atoms with Gasteiger partial charge < -0.3 is 10.0 Å². The van der Waals surface area contributed by atoms with E-state index in [1.54, 1.807) is 0 Å². The molecule has 0 aliphatic heterocycles. The third kappa shape index (κ3) is 3.57. The van der Waals surface area contributed by atoms with Gasteiger partial charge >= 0.3 is 7.12 Å². The lowest BCUT2D eigenvalue weighted by atomic mass is 9.75. The minimum atomic E-state index is -1.73. The lowest BCUT2D eigenvalue weighted by Gasteiger charge is -2.28. The molecule has 2 N–H and O–H groups in total. The van der Waals surface area contributed by atoms with Gasteiger partial charge in [0.2, 0.25) is 0 Å². The molecule has 1 aromatic rings. The summed E-state index contributed by atoms with van der Waals surface area (Å²) in [6.07, 6.45) is 7.23. The minimum absolute atomic E-state index is 0.0385. The average Bonchev–Trinajstić information content (AvgIpc) is 2.39. The van der Waals surface area contributed by atoms with E-state index in [-0.39, 0.29) is 5.46 Å². The summed E-state index contributed by atoms with van der Waals surface area (Å²) in [4.78, 5) is 0. The zero-order valence-corrected chi connectivity index (χ0v) is 11.5. The molecule has 0 amide bonds. The molecule has 0 heterocycles. The molecular formula is C15H22BFO2. The van der Waals surface area contributed by atoms with E-state index in [9.17, 15) is 4.39 Å². The first-order chi connectivity index (χ1) is 9.11. The minimum Gasteiger partial charge on any atom is -0.423 e. The van der Waals surface area contributed by atoms with Crippen LogP contribution in [0.25, 0.3) is 0 Å². The van der Waals surface area contributed by atoms with Crippen LogP contribution in [-0.4, -0.2) is 17.2 Å². The molecule has 0 saturated heterocycles. The van der Waals surface area contributed by atoms with Gasteiger partial charge in [-0.15, -0.1) is 0 Å². The van der Waals surface area contributed by atoms with Crippen LogP contribution in [-0.2, 0) is 0 Å². The Balaban J connectivity index is 2.02. The van der Waals surface area contributed by atoms with E-state index in [0.717, 1.165) is 24.3 Å². The molecule has 0 radical (unpaired) electrons. The van der Waals surface area contributed by atoms with E-state index >= 15 is 0 Å². The van der Waals surface area contributed by atoms with E-state index in [1.807, 2.05) is 6.07 Å². The van der Waals surface area contributed by atoms with E-state index in [0.29, 0.717) is 5.92 Å². The van der Waals surface area contributed by atoms with Gasteiger partial charge in [-0.05, 0) is 49.1 Å². The summed E-state index contributed by atoms with van der Waals surface area (Å²) < 4.78 is 13.7. The fourth-order valence-corrected chi connectivity index (χ4v) is 3.20. The maximum absolute atomic E-state index is 13.7. The van der Waals surface area contributed by atoms with Crippen LogP contribution in [0.5, 0.6) is 0 Å². The molecule has 1 aliphatic rings. The summed E-state index contributed by atoms with van der Waals surface area (Å²) in [6, 6.07) is 4.80. The topological polar surface area (TPSA) is 40.5 Å². The molecule has 0 bridgehead atoms. The number of hydrogen-bond donors (Lipinski definition) is 2. The summed E-state index contributed by atoms with van der Waals surface area (Å²) >= 11 is 0. The Morgan fingerprint density at radius 2 is 1.89 bits per heavy atom. The largest absolute Gasteiger partial charge is 0.491 e. The standard InChI is InChI=1S/C15H22BFO2/c1-2-3-11-4-6-12(7-5-11)13-8-9-14(16(18)19)15(17)10-13/h8-12,18-19H,2-7H2,1H3. The highest BCUT2D eigenvalue weighted by molar-refractivity contribution is 6.58. The van der Waals surface area contributed by atoms with E-state index in [1.165, 1.54) is 37.8 Å². The van der Waals surface area contributed by atoms with Gasteiger partial charge in [-0.3, -0.25) is 0 Å². The van der Waals surface area contributed by atoms with Crippen molar-refractivity contribution < 1.29 is 14.4 Å². The second kappa shape index (κ2) is 6.53. The number of halogens is 1. The Kier molecular flexibility index (Phi) is 5.00. The van der Waals surface area contributed by atoms with Crippen LogP contribution in [0.1, 0.15) is 56.9 Å². The molecule has 1 fully saturated rings. The van der Waals surface area contributed by atoms with Crippen molar-refractivity contribution in [3.63, 3.8) is 0 Å². The highest BCUT2D eigenvalue weighted by atomic mass is 19.1. The second-order valence-electron chi connectivity index (χ2n) is 5.66. The lowest BCUT2D eigenvalue weighted by Crippen LogP contribution is -2.32. The maximum Gasteiger partial charge on any atom is 0.491 e. The summed E-state index contributed by atoms with van der Waals surface area (Å²) in [5.41, 5.74) is 0.959. The molecule has 2 rings (SSSR count). The summed E-state index contributed by atoms with van der Waals surface area (Å²) in [7, 11) is -1.73. The van der Waals surface area contributed by atoms with Crippen molar-refractivity contribution in [3.8, 4) is 0 Å². The third-order valence-electron chi connectivity index (χ3n) is 4.32. The van der Waals surface area contributed by atoms with Crippen molar-refractivity contribution in [2.45, 2.75) is 51.4 Å². The fourth-order valence-electron chi connectivity index (χ4n) is 3.20. The molecular weight excluding hydrogens is 242 g/mol. The first kappa shape index (κ1) is 14.5. The van der Waals surface area contributed by atoms with Crippen molar-refractivity contribution in [2.24, 2.45) is 5.92 Å². The Labute approximate surface area is 114 Å². The zero-order valence-electron chi connectivity index (χ0n) is 11.5. The normalized spacial score (nSPS) is 23.4. The Morgan fingerprint density at radius 1 is 1.21 bits per heavy atom. The van der Waals surface area contributed by atoms with E-state index in [4.69, 9.17) is 10.0 Å². The quantitative estimate of drug-likeness (QED) is 0.820. The van der Waals surface area contributed by atoms with Crippen LogP contribution in [0.3, 0.4) is 0 Å². The Morgan fingerprint density at radius 3 is 2.42 bits per heavy atom. The first-order valence-corrected chi connectivity index (χ1v) is 7.27. The lowest BCUT2D eigenvalue weighted by molar-refractivity contribution is 0.308. The van der Waals surface area contributed by atoms with Crippen molar-refractivity contribution in [2.75, 3.05) is 0 Å². The van der Waals surface area contributed by atoms with Crippen LogP contribution in [0.4, 0.5) is 4.39 Å². The van der Waals surface area contributed by atoms with Gasteiger partial charge in [0, 0.05) is 5.46 Å². The van der Waals surface area contributed by atoms with Gasteiger partial charge in [-0.1, -0.05) is 31.9 Å². The average molecular weight is 264 g/mol. The van der Waals surface area contributed by atoms with Crippen LogP contribution in [0.2, 0.25) is 0 Å². The van der Waals surface area contributed by atoms with Crippen LogP contribution >= 0.6 is 0 Å². The predicted molar refractivity (Wildman–Crippen MR) is 75.8 cm³/mol. The highest BCUT2D eigenvalue weighted by Gasteiger charge is 2.23. The fraction of sp³-hybridized carbons (Fsp3) is 0.600. The van der Waals surface area contributed by atoms with Gasteiger partial charge in [0.05, 0.1) is 0 Å². The molecule has 2 nitrogen and oxygen atoms in total. The monoisotopic (exact) mass is 264 g/mol. The van der Waals surface area contributed by atoms with Gasteiger partial charge in [-0.25, -0.2) is 4.39 Å². The van der Waals surface area contributed by atoms with Crippen molar-refractivity contribution in [3.05, 3.63) is 29.6 Å². The van der Waals surface area contributed by atoms with Crippen molar-refractivity contribution in [1.29, 1.82) is 0 Å². The molecule has 1 aromatic carbocycles. The van der Waals surface area contributed by atoms with Crippen LogP contribution in [0, 0.1) is 11.7 Å². The molecule has 4 heteroatoms. The van der Waals surface area contributed by atoms with Crippen molar-refractivity contribution in [1.82, 2.24) is 0 Å². The summed E-state index contributed by atoms with van der Waals surface area (Å²) in [6.45, 7) is 2.22. The summed E-state index contributed by atoms with van der Waals surface area (Å²) in [5, 5.41) is 18.0. The second-order valence-corrected chi connectivity index (χ2v) is 5.66.